The Bertz CT molecular complexity index is 1660. The van der Waals surface area contributed by atoms with Crippen LogP contribution in [0.5, 0.6) is 0 Å². The van der Waals surface area contributed by atoms with Gasteiger partial charge in [0.15, 0.2) is 6.29 Å². The van der Waals surface area contributed by atoms with Crippen LogP contribution in [0.4, 0.5) is 0 Å². The van der Waals surface area contributed by atoms with Crippen LogP contribution in [0.15, 0.2) is 182 Å². The van der Waals surface area contributed by atoms with Crippen molar-refractivity contribution in [3.8, 4) is 0 Å². The molecule has 5 nitrogen and oxygen atoms in total. The number of ether oxygens (including phenoxy) is 3. The first-order chi connectivity index (χ1) is 23.6. The summed E-state index contributed by atoms with van der Waals surface area (Å²) in [7, 11) is 0. The topological polar surface area (TPSA) is 68.2 Å². The standard InChI is InChI=1S/C43H38O5/c44-39-40(48-43(35-25-13-4-14-26-35,36-27-15-5-16-28-36)37-29-17-6-18-30-37)38(47-41(39)45)31-46-42(32-19-7-1-8-20-32,33-21-9-2-10-22-33)34-23-11-3-12-24-34/h1-30,38-41,44-45H,31H2/t38-,39+,40-,41+/m0/s1. The van der Waals surface area contributed by atoms with Gasteiger partial charge in [0.05, 0.1) is 6.61 Å². The quantitative estimate of drug-likeness (QED) is 0.145. The number of hydrogen-bond donors (Lipinski definition) is 2. The Morgan fingerprint density at radius 2 is 0.729 bits per heavy atom. The number of benzene rings is 6. The first-order valence-corrected chi connectivity index (χ1v) is 16.3. The molecule has 5 heteroatoms. The summed E-state index contributed by atoms with van der Waals surface area (Å²) in [5, 5.41) is 22.6. The van der Waals surface area contributed by atoms with Crippen LogP contribution in [0.25, 0.3) is 0 Å². The summed E-state index contributed by atoms with van der Waals surface area (Å²) in [6.45, 7) is 0.00587. The van der Waals surface area contributed by atoms with Crippen LogP contribution in [-0.4, -0.2) is 41.4 Å². The lowest BCUT2D eigenvalue weighted by Crippen LogP contribution is -2.46. The zero-order chi connectivity index (χ0) is 32.8. The second-order valence-electron chi connectivity index (χ2n) is 12.0. The van der Waals surface area contributed by atoms with E-state index in [9.17, 15) is 10.2 Å². The van der Waals surface area contributed by atoms with Crippen LogP contribution < -0.4 is 0 Å². The fraction of sp³-hybridized carbons (Fsp3) is 0.163. The van der Waals surface area contributed by atoms with Crippen LogP contribution >= 0.6 is 0 Å². The highest BCUT2D eigenvalue weighted by Crippen LogP contribution is 2.45. The summed E-state index contributed by atoms with van der Waals surface area (Å²) >= 11 is 0. The lowest BCUT2D eigenvalue weighted by Gasteiger charge is -2.40. The van der Waals surface area contributed by atoms with Gasteiger partial charge in [0.1, 0.15) is 29.5 Å². The third-order valence-corrected chi connectivity index (χ3v) is 9.17. The Morgan fingerprint density at radius 1 is 0.438 bits per heavy atom. The molecule has 0 unspecified atom stereocenters. The molecule has 2 N–H and O–H groups in total. The molecular weight excluding hydrogens is 596 g/mol. The van der Waals surface area contributed by atoms with E-state index in [0.717, 1.165) is 33.4 Å². The minimum atomic E-state index is -1.47. The highest BCUT2D eigenvalue weighted by atomic mass is 16.7. The second-order valence-corrected chi connectivity index (χ2v) is 12.0. The first-order valence-electron chi connectivity index (χ1n) is 16.3. The minimum Gasteiger partial charge on any atom is -0.385 e. The summed E-state index contributed by atoms with van der Waals surface area (Å²) in [5.41, 5.74) is 3.28. The Morgan fingerprint density at radius 3 is 1.04 bits per heavy atom. The summed E-state index contributed by atoms with van der Waals surface area (Å²) in [5.74, 6) is 0. The van der Waals surface area contributed by atoms with Crippen LogP contribution in [0.3, 0.4) is 0 Å². The van der Waals surface area contributed by atoms with E-state index in [1.54, 1.807) is 0 Å². The van der Waals surface area contributed by atoms with Gasteiger partial charge in [0, 0.05) is 0 Å². The average molecular weight is 635 g/mol. The SMILES string of the molecule is O[C@@H]1[C@@H](OC(c2ccccc2)(c2ccccc2)c2ccccc2)[C@H](COC(c2ccccc2)(c2ccccc2)c2ccccc2)O[C@H]1O. The van der Waals surface area contributed by atoms with Gasteiger partial charge in [-0.25, -0.2) is 0 Å². The highest BCUT2D eigenvalue weighted by molar-refractivity contribution is 5.49. The predicted octanol–water partition coefficient (Wildman–Crippen LogP) is 7.45. The molecule has 0 spiro atoms. The van der Waals surface area contributed by atoms with Gasteiger partial charge in [0.2, 0.25) is 0 Å². The molecule has 0 aromatic heterocycles. The van der Waals surface area contributed by atoms with Gasteiger partial charge in [-0.15, -0.1) is 0 Å². The van der Waals surface area contributed by atoms with Gasteiger partial charge < -0.3 is 24.4 Å². The van der Waals surface area contributed by atoms with E-state index in [1.165, 1.54) is 0 Å². The molecule has 0 radical (unpaired) electrons. The number of aliphatic hydroxyl groups is 2. The van der Waals surface area contributed by atoms with E-state index in [4.69, 9.17) is 14.2 Å². The maximum absolute atomic E-state index is 11.6. The third-order valence-electron chi connectivity index (χ3n) is 9.17. The van der Waals surface area contributed by atoms with Crippen molar-refractivity contribution in [2.24, 2.45) is 0 Å². The molecule has 1 aliphatic heterocycles. The van der Waals surface area contributed by atoms with Crippen molar-refractivity contribution in [3.63, 3.8) is 0 Å². The number of aliphatic hydroxyl groups excluding tert-OH is 2. The van der Waals surface area contributed by atoms with E-state index in [0.29, 0.717) is 0 Å². The summed E-state index contributed by atoms with van der Waals surface area (Å²) < 4.78 is 20.4. The summed E-state index contributed by atoms with van der Waals surface area (Å²) in [6, 6.07) is 60.2. The molecule has 1 aliphatic rings. The minimum absolute atomic E-state index is 0.00587. The first kappa shape index (κ1) is 31.7. The van der Waals surface area contributed by atoms with Gasteiger partial charge in [-0.3, -0.25) is 0 Å². The van der Waals surface area contributed by atoms with Gasteiger partial charge in [-0.05, 0) is 33.4 Å². The summed E-state index contributed by atoms with van der Waals surface area (Å²) in [6.07, 6.45) is -4.61. The molecule has 1 heterocycles. The molecule has 1 saturated heterocycles. The zero-order valence-corrected chi connectivity index (χ0v) is 26.5. The number of hydrogen-bond acceptors (Lipinski definition) is 5. The second kappa shape index (κ2) is 14.1. The van der Waals surface area contributed by atoms with Crippen molar-refractivity contribution >= 4 is 0 Å². The molecule has 4 atom stereocenters. The molecule has 240 valence electrons. The summed E-state index contributed by atoms with van der Waals surface area (Å²) in [4.78, 5) is 0. The number of rotatable bonds is 11. The molecular formula is C43H38O5. The zero-order valence-electron chi connectivity index (χ0n) is 26.5. The molecule has 6 aromatic rings. The molecule has 6 aromatic carbocycles. The normalized spacial score (nSPS) is 19.6. The Balaban J connectivity index is 1.33. The average Bonchev–Trinajstić information content (AvgIpc) is 3.44. The Kier molecular flexibility index (Phi) is 9.30. The maximum atomic E-state index is 11.6. The predicted molar refractivity (Wildman–Crippen MR) is 186 cm³/mol. The van der Waals surface area contributed by atoms with Crippen molar-refractivity contribution in [3.05, 3.63) is 215 Å². The van der Waals surface area contributed by atoms with E-state index >= 15 is 0 Å². The molecule has 0 bridgehead atoms. The van der Waals surface area contributed by atoms with Crippen LogP contribution in [0.2, 0.25) is 0 Å². The van der Waals surface area contributed by atoms with E-state index < -0.39 is 35.8 Å². The lowest BCUT2D eigenvalue weighted by atomic mass is 9.79. The largest absolute Gasteiger partial charge is 0.385 e. The molecule has 48 heavy (non-hydrogen) atoms. The van der Waals surface area contributed by atoms with Crippen molar-refractivity contribution in [1.82, 2.24) is 0 Å². The Labute approximate surface area is 281 Å². The molecule has 7 rings (SSSR count). The lowest BCUT2D eigenvalue weighted by molar-refractivity contribution is -0.148. The van der Waals surface area contributed by atoms with Crippen LogP contribution in [0, 0.1) is 0 Å². The van der Waals surface area contributed by atoms with E-state index in [-0.39, 0.29) is 6.61 Å². The van der Waals surface area contributed by atoms with Gasteiger partial charge in [0.25, 0.3) is 0 Å². The molecule has 1 fully saturated rings. The Hall–Kier alpha value is -4.88. The van der Waals surface area contributed by atoms with Crippen molar-refractivity contribution in [2.45, 2.75) is 35.8 Å². The van der Waals surface area contributed by atoms with Gasteiger partial charge in [-0.1, -0.05) is 182 Å². The van der Waals surface area contributed by atoms with Crippen molar-refractivity contribution < 1.29 is 24.4 Å². The van der Waals surface area contributed by atoms with Crippen LogP contribution in [0.1, 0.15) is 33.4 Å². The smallest absolute Gasteiger partial charge is 0.184 e. The van der Waals surface area contributed by atoms with Crippen molar-refractivity contribution in [1.29, 1.82) is 0 Å². The van der Waals surface area contributed by atoms with E-state index in [1.807, 2.05) is 146 Å². The molecule has 0 amide bonds. The third kappa shape index (κ3) is 5.88. The molecule has 0 saturated carbocycles. The highest BCUT2D eigenvalue weighted by Gasteiger charge is 2.51. The fourth-order valence-electron chi connectivity index (χ4n) is 6.90. The monoisotopic (exact) mass is 634 g/mol. The van der Waals surface area contributed by atoms with Crippen molar-refractivity contribution in [2.75, 3.05) is 6.61 Å². The maximum Gasteiger partial charge on any atom is 0.184 e. The van der Waals surface area contributed by atoms with Gasteiger partial charge >= 0.3 is 0 Å². The van der Waals surface area contributed by atoms with Gasteiger partial charge in [-0.2, -0.15) is 0 Å². The van der Waals surface area contributed by atoms with Crippen LogP contribution in [-0.2, 0) is 25.4 Å². The van der Waals surface area contributed by atoms with E-state index in [2.05, 4.69) is 36.4 Å². The fourth-order valence-corrected chi connectivity index (χ4v) is 6.90. The molecule has 0 aliphatic carbocycles.